The Kier molecular flexibility index (Phi) is 3.36. The number of hydrogen-bond acceptors (Lipinski definition) is 5. The fourth-order valence-electron chi connectivity index (χ4n) is 1.50. The molecule has 2 rings (SSSR count). The largest absolute Gasteiger partial charge is 0.495 e. The van der Waals surface area contributed by atoms with Gasteiger partial charge in [0.15, 0.2) is 6.10 Å². The van der Waals surface area contributed by atoms with Gasteiger partial charge in [-0.3, -0.25) is 0 Å². The Labute approximate surface area is 93.7 Å². The number of nitrogens with zero attached hydrogens (tertiary/aromatic N) is 2. The number of ether oxygens (including phenoxy) is 2. The van der Waals surface area contributed by atoms with Gasteiger partial charge < -0.3 is 14.6 Å². The molecule has 86 valence electrons. The van der Waals surface area contributed by atoms with Gasteiger partial charge in [-0.05, 0) is 25.0 Å². The highest BCUT2D eigenvalue weighted by Gasteiger charge is 2.18. The zero-order valence-corrected chi connectivity index (χ0v) is 9.09. The average Bonchev–Trinajstić information content (AvgIpc) is 2.39. The summed E-state index contributed by atoms with van der Waals surface area (Å²) in [5.41, 5.74) is 0.467. The number of allylic oxidation sites excluding steroid dienone is 1. The maximum Gasteiger partial charge on any atom is 0.233 e. The molecule has 0 bridgehead atoms. The van der Waals surface area contributed by atoms with E-state index in [4.69, 9.17) is 9.47 Å². The number of hydrogen-bond donors (Lipinski definition) is 1. The predicted octanol–water partition coefficient (Wildman–Crippen LogP) is 1.21. The number of aliphatic hydroxyl groups is 1. The van der Waals surface area contributed by atoms with Crippen molar-refractivity contribution in [3.8, 4) is 5.88 Å². The average molecular weight is 222 g/mol. The maximum atomic E-state index is 9.97. The lowest BCUT2D eigenvalue weighted by molar-refractivity contribution is 0.0888. The molecule has 2 heterocycles. The van der Waals surface area contributed by atoms with Gasteiger partial charge in [-0.25, -0.2) is 0 Å². The van der Waals surface area contributed by atoms with Crippen LogP contribution in [0.15, 0.2) is 24.0 Å². The van der Waals surface area contributed by atoms with Gasteiger partial charge in [0, 0.05) is 6.07 Å². The molecule has 0 spiro atoms. The van der Waals surface area contributed by atoms with E-state index in [1.165, 1.54) is 7.11 Å². The molecule has 0 radical (unpaired) electrons. The van der Waals surface area contributed by atoms with Crippen LogP contribution in [0.4, 0.5) is 0 Å². The molecular weight excluding hydrogens is 208 g/mol. The Morgan fingerprint density at radius 1 is 1.44 bits per heavy atom. The molecule has 0 saturated carbocycles. The quantitative estimate of drug-likeness (QED) is 0.832. The normalized spacial score (nSPS) is 17.2. The molecule has 0 aromatic carbocycles. The van der Waals surface area contributed by atoms with Crippen LogP contribution in [0.2, 0.25) is 0 Å². The third-order valence-electron chi connectivity index (χ3n) is 2.38. The summed E-state index contributed by atoms with van der Waals surface area (Å²) in [7, 11) is 1.52. The lowest BCUT2D eigenvalue weighted by Gasteiger charge is -2.18. The molecule has 0 aliphatic carbocycles. The number of aromatic nitrogens is 2. The van der Waals surface area contributed by atoms with Crippen molar-refractivity contribution in [2.24, 2.45) is 0 Å². The molecule has 16 heavy (non-hydrogen) atoms. The molecule has 1 aliphatic rings. The number of rotatable bonds is 3. The Balaban J connectivity index is 2.13. The van der Waals surface area contributed by atoms with Crippen LogP contribution in [0.25, 0.3) is 0 Å². The van der Waals surface area contributed by atoms with Gasteiger partial charge >= 0.3 is 0 Å². The summed E-state index contributed by atoms with van der Waals surface area (Å²) in [5, 5.41) is 17.6. The van der Waals surface area contributed by atoms with Gasteiger partial charge in [0.05, 0.1) is 19.4 Å². The first-order valence-corrected chi connectivity index (χ1v) is 5.20. The molecule has 1 unspecified atom stereocenters. The summed E-state index contributed by atoms with van der Waals surface area (Å²) in [6, 6.07) is 3.34. The van der Waals surface area contributed by atoms with Crippen LogP contribution in [0, 0.1) is 0 Å². The molecule has 1 N–H and O–H groups in total. The van der Waals surface area contributed by atoms with Gasteiger partial charge in [-0.2, -0.15) is 0 Å². The van der Waals surface area contributed by atoms with Crippen LogP contribution < -0.4 is 4.74 Å². The van der Waals surface area contributed by atoms with E-state index < -0.39 is 6.10 Å². The smallest absolute Gasteiger partial charge is 0.233 e. The molecule has 5 nitrogen and oxygen atoms in total. The van der Waals surface area contributed by atoms with Crippen molar-refractivity contribution < 1.29 is 14.6 Å². The minimum absolute atomic E-state index is 0.425. The van der Waals surface area contributed by atoms with Crippen LogP contribution in [0.5, 0.6) is 5.88 Å². The van der Waals surface area contributed by atoms with E-state index in [9.17, 15) is 5.11 Å². The standard InChI is InChI=1S/C11H14N2O3/c1-15-10-6-5-8(12-13-10)11(14)9-4-2-3-7-16-9/h4-6,11,14H,2-3,7H2,1H3. The van der Waals surface area contributed by atoms with E-state index in [0.29, 0.717) is 23.9 Å². The van der Waals surface area contributed by atoms with Gasteiger partial charge in [0.2, 0.25) is 5.88 Å². The van der Waals surface area contributed by atoms with Gasteiger partial charge in [0.25, 0.3) is 0 Å². The fraction of sp³-hybridized carbons (Fsp3) is 0.455. The Hall–Kier alpha value is -1.62. The Bertz CT molecular complexity index is 375. The monoisotopic (exact) mass is 222 g/mol. The molecule has 0 amide bonds. The molecule has 1 aromatic rings. The topological polar surface area (TPSA) is 64.5 Å². The van der Waals surface area contributed by atoms with Crippen molar-refractivity contribution in [1.82, 2.24) is 10.2 Å². The first-order valence-electron chi connectivity index (χ1n) is 5.20. The Morgan fingerprint density at radius 2 is 2.31 bits per heavy atom. The second kappa shape index (κ2) is 4.94. The van der Waals surface area contributed by atoms with Crippen LogP contribution in [0.1, 0.15) is 24.6 Å². The highest BCUT2D eigenvalue weighted by atomic mass is 16.5. The summed E-state index contributed by atoms with van der Waals surface area (Å²) < 4.78 is 10.3. The van der Waals surface area contributed by atoms with E-state index in [1.54, 1.807) is 12.1 Å². The molecule has 0 fully saturated rings. The van der Waals surface area contributed by atoms with Crippen molar-refractivity contribution in [1.29, 1.82) is 0 Å². The van der Waals surface area contributed by atoms with Crippen LogP contribution in [0.3, 0.4) is 0 Å². The third-order valence-corrected chi connectivity index (χ3v) is 2.38. The molecule has 0 saturated heterocycles. The lowest BCUT2D eigenvalue weighted by atomic mass is 10.1. The first kappa shape index (κ1) is 10.9. The molecular formula is C11H14N2O3. The third kappa shape index (κ3) is 2.30. The lowest BCUT2D eigenvalue weighted by Crippen LogP contribution is -2.11. The maximum absolute atomic E-state index is 9.97. The van der Waals surface area contributed by atoms with Crippen molar-refractivity contribution in [3.05, 3.63) is 29.7 Å². The summed E-state index contributed by atoms with van der Waals surface area (Å²) in [6.45, 7) is 0.645. The summed E-state index contributed by atoms with van der Waals surface area (Å²) >= 11 is 0. The van der Waals surface area contributed by atoms with Gasteiger partial charge in [-0.1, -0.05) is 0 Å². The van der Waals surface area contributed by atoms with E-state index in [2.05, 4.69) is 10.2 Å². The fourth-order valence-corrected chi connectivity index (χ4v) is 1.50. The first-order chi connectivity index (χ1) is 7.81. The van der Waals surface area contributed by atoms with Crippen molar-refractivity contribution in [2.75, 3.05) is 13.7 Å². The summed E-state index contributed by atoms with van der Waals surface area (Å²) in [6.07, 6.45) is 2.97. The molecule has 1 atom stereocenters. The zero-order chi connectivity index (χ0) is 11.4. The SMILES string of the molecule is COc1ccc(C(O)C2=CCCCO2)nn1. The minimum atomic E-state index is -0.835. The van der Waals surface area contributed by atoms with E-state index in [1.807, 2.05) is 6.08 Å². The van der Waals surface area contributed by atoms with Crippen LogP contribution in [-0.4, -0.2) is 29.0 Å². The summed E-state index contributed by atoms with van der Waals surface area (Å²) in [5.74, 6) is 0.986. The van der Waals surface area contributed by atoms with Gasteiger partial charge in [-0.15, -0.1) is 10.2 Å². The predicted molar refractivity (Wildman–Crippen MR) is 56.8 cm³/mol. The second-order valence-electron chi connectivity index (χ2n) is 3.50. The highest BCUT2D eigenvalue weighted by Crippen LogP contribution is 2.24. The number of aliphatic hydroxyl groups excluding tert-OH is 1. The number of methoxy groups -OCH3 is 1. The molecule has 5 heteroatoms. The molecule has 1 aromatic heterocycles. The van der Waals surface area contributed by atoms with Crippen molar-refractivity contribution in [3.63, 3.8) is 0 Å². The van der Waals surface area contributed by atoms with Crippen LogP contribution in [-0.2, 0) is 4.74 Å². The van der Waals surface area contributed by atoms with Crippen molar-refractivity contribution in [2.45, 2.75) is 18.9 Å². The summed E-state index contributed by atoms with van der Waals surface area (Å²) in [4.78, 5) is 0. The van der Waals surface area contributed by atoms with E-state index in [-0.39, 0.29) is 0 Å². The highest BCUT2D eigenvalue weighted by molar-refractivity contribution is 5.19. The van der Waals surface area contributed by atoms with Crippen molar-refractivity contribution >= 4 is 0 Å². The minimum Gasteiger partial charge on any atom is -0.495 e. The van der Waals surface area contributed by atoms with Crippen LogP contribution >= 0.6 is 0 Å². The van der Waals surface area contributed by atoms with E-state index >= 15 is 0 Å². The second-order valence-corrected chi connectivity index (χ2v) is 3.50. The zero-order valence-electron chi connectivity index (χ0n) is 9.09. The van der Waals surface area contributed by atoms with E-state index in [0.717, 1.165) is 12.8 Å². The molecule has 1 aliphatic heterocycles. The Morgan fingerprint density at radius 3 is 2.88 bits per heavy atom. The van der Waals surface area contributed by atoms with Gasteiger partial charge in [0.1, 0.15) is 5.76 Å².